The standard InChI is InChI=1S/C16H20O/c17-16-9-3-8-15(11-16)14-7-2-6-13(10-14)12-4-1-5-12/h2,6-7,10-12,16-17H,1,3-5,8-9H2. The van der Waals surface area contributed by atoms with Gasteiger partial charge in [0, 0.05) is 0 Å². The van der Waals surface area contributed by atoms with Gasteiger partial charge in [0.1, 0.15) is 0 Å². The van der Waals surface area contributed by atoms with Crippen LogP contribution in [0.3, 0.4) is 0 Å². The highest BCUT2D eigenvalue weighted by atomic mass is 16.3. The molecule has 90 valence electrons. The molecule has 1 unspecified atom stereocenters. The average Bonchev–Trinajstić information content (AvgIpc) is 2.27. The first-order valence-electron chi connectivity index (χ1n) is 6.82. The van der Waals surface area contributed by atoms with Gasteiger partial charge in [-0.3, -0.25) is 0 Å². The number of rotatable bonds is 2. The smallest absolute Gasteiger partial charge is 0.0726 e. The Bertz CT molecular complexity index is 429. The fraction of sp³-hybridized carbons (Fsp3) is 0.500. The zero-order valence-corrected chi connectivity index (χ0v) is 10.2. The lowest BCUT2D eigenvalue weighted by atomic mass is 9.79. The average molecular weight is 228 g/mol. The second kappa shape index (κ2) is 4.66. The highest BCUT2D eigenvalue weighted by molar-refractivity contribution is 5.67. The molecule has 1 saturated carbocycles. The summed E-state index contributed by atoms with van der Waals surface area (Å²) in [6.45, 7) is 0. The third kappa shape index (κ3) is 2.30. The Labute approximate surface area is 103 Å². The maximum absolute atomic E-state index is 9.70. The van der Waals surface area contributed by atoms with E-state index >= 15 is 0 Å². The van der Waals surface area contributed by atoms with Crippen molar-refractivity contribution in [2.45, 2.75) is 50.5 Å². The van der Waals surface area contributed by atoms with Crippen molar-refractivity contribution in [2.75, 3.05) is 0 Å². The predicted molar refractivity (Wildman–Crippen MR) is 70.9 cm³/mol. The van der Waals surface area contributed by atoms with Crippen LogP contribution in [0.5, 0.6) is 0 Å². The van der Waals surface area contributed by atoms with Gasteiger partial charge < -0.3 is 5.11 Å². The molecule has 0 aromatic heterocycles. The Morgan fingerprint density at radius 1 is 1.06 bits per heavy atom. The van der Waals surface area contributed by atoms with Gasteiger partial charge in [-0.05, 0) is 54.7 Å². The highest BCUT2D eigenvalue weighted by Gasteiger charge is 2.20. The van der Waals surface area contributed by atoms with Crippen LogP contribution in [0.25, 0.3) is 5.57 Å². The molecule has 2 aliphatic rings. The van der Waals surface area contributed by atoms with E-state index in [1.165, 1.54) is 36.0 Å². The molecule has 3 rings (SSSR count). The van der Waals surface area contributed by atoms with Crippen LogP contribution < -0.4 is 0 Å². The van der Waals surface area contributed by atoms with E-state index < -0.39 is 0 Å². The van der Waals surface area contributed by atoms with Gasteiger partial charge in [0.2, 0.25) is 0 Å². The van der Waals surface area contributed by atoms with Crippen molar-refractivity contribution >= 4 is 5.57 Å². The molecule has 1 fully saturated rings. The van der Waals surface area contributed by atoms with Gasteiger partial charge in [-0.2, -0.15) is 0 Å². The van der Waals surface area contributed by atoms with Gasteiger partial charge in [-0.25, -0.2) is 0 Å². The van der Waals surface area contributed by atoms with E-state index in [1.807, 2.05) is 6.08 Å². The van der Waals surface area contributed by atoms with E-state index in [4.69, 9.17) is 0 Å². The number of aliphatic hydroxyl groups excluding tert-OH is 1. The molecular weight excluding hydrogens is 208 g/mol. The Hall–Kier alpha value is -1.08. The van der Waals surface area contributed by atoms with E-state index in [2.05, 4.69) is 24.3 Å². The third-order valence-corrected chi connectivity index (χ3v) is 4.17. The van der Waals surface area contributed by atoms with Crippen LogP contribution in [0.1, 0.15) is 55.6 Å². The first kappa shape index (κ1) is 11.0. The first-order valence-corrected chi connectivity index (χ1v) is 6.82. The third-order valence-electron chi connectivity index (χ3n) is 4.17. The molecule has 1 nitrogen and oxygen atoms in total. The number of allylic oxidation sites excluding steroid dienone is 1. The van der Waals surface area contributed by atoms with Crippen molar-refractivity contribution in [3.63, 3.8) is 0 Å². The van der Waals surface area contributed by atoms with Gasteiger partial charge in [-0.15, -0.1) is 0 Å². The quantitative estimate of drug-likeness (QED) is 0.814. The van der Waals surface area contributed by atoms with Crippen LogP contribution in [0.4, 0.5) is 0 Å². The molecule has 0 radical (unpaired) electrons. The van der Waals surface area contributed by atoms with Crippen molar-refractivity contribution in [2.24, 2.45) is 0 Å². The van der Waals surface area contributed by atoms with Crippen molar-refractivity contribution in [3.8, 4) is 0 Å². The minimum absolute atomic E-state index is 0.230. The van der Waals surface area contributed by atoms with Gasteiger partial charge in [-0.1, -0.05) is 36.8 Å². The lowest BCUT2D eigenvalue weighted by Crippen LogP contribution is -2.10. The van der Waals surface area contributed by atoms with E-state index in [-0.39, 0.29) is 6.10 Å². The molecule has 0 saturated heterocycles. The molecule has 1 aromatic rings. The molecule has 0 amide bonds. The molecule has 1 N–H and O–H groups in total. The maximum atomic E-state index is 9.70. The molecule has 1 aromatic carbocycles. The van der Waals surface area contributed by atoms with Crippen LogP contribution in [0.15, 0.2) is 30.3 Å². The van der Waals surface area contributed by atoms with E-state index in [1.54, 1.807) is 0 Å². The second-order valence-corrected chi connectivity index (χ2v) is 5.40. The molecule has 0 spiro atoms. The van der Waals surface area contributed by atoms with E-state index in [0.29, 0.717) is 0 Å². The Balaban J connectivity index is 1.87. The fourth-order valence-electron chi connectivity index (χ4n) is 2.88. The summed E-state index contributed by atoms with van der Waals surface area (Å²) >= 11 is 0. The highest BCUT2D eigenvalue weighted by Crippen LogP contribution is 2.37. The van der Waals surface area contributed by atoms with Crippen LogP contribution in [-0.4, -0.2) is 11.2 Å². The molecule has 1 atom stereocenters. The van der Waals surface area contributed by atoms with Crippen molar-refractivity contribution in [1.82, 2.24) is 0 Å². The summed E-state index contributed by atoms with van der Waals surface area (Å²) in [6.07, 6.45) is 9.05. The van der Waals surface area contributed by atoms with E-state index in [0.717, 1.165) is 25.2 Å². The maximum Gasteiger partial charge on any atom is 0.0726 e. The van der Waals surface area contributed by atoms with Gasteiger partial charge in [0.05, 0.1) is 6.10 Å². The minimum Gasteiger partial charge on any atom is -0.389 e. The SMILES string of the molecule is OC1C=C(c2cccc(C3CCC3)c2)CCC1. The molecule has 1 heteroatoms. The van der Waals surface area contributed by atoms with Gasteiger partial charge in [0.25, 0.3) is 0 Å². The van der Waals surface area contributed by atoms with Gasteiger partial charge >= 0.3 is 0 Å². The molecule has 2 aliphatic carbocycles. The monoisotopic (exact) mass is 228 g/mol. The van der Waals surface area contributed by atoms with Crippen LogP contribution >= 0.6 is 0 Å². The first-order chi connectivity index (χ1) is 8.33. The largest absolute Gasteiger partial charge is 0.389 e. The summed E-state index contributed by atoms with van der Waals surface area (Å²) in [5.41, 5.74) is 4.16. The molecule has 0 bridgehead atoms. The zero-order valence-electron chi connectivity index (χ0n) is 10.2. The summed E-state index contributed by atoms with van der Waals surface area (Å²) in [5.74, 6) is 0.795. The Morgan fingerprint density at radius 3 is 2.65 bits per heavy atom. The normalized spacial score (nSPS) is 25.2. The lowest BCUT2D eigenvalue weighted by molar-refractivity contribution is 0.206. The van der Waals surface area contributed by atoms with Crippen LogP contribution in [0, 0.1) is 0 Å². The molecular formula is C16H20O. The summed E-state index contributed by atoms with van der Waals surface area (Å²) in [4.78, 5) is 0. The van der Waals surface area contributed by atoms with Crippen LogP contribution in [0.2, 0.25) is 0 Å². The summed E-state index contributed by atoms with van der Waals surface area (Å²) < 4.78 is 0. The molecule has 0 heterocycles. The van der Waals surface area contributed by atoms with Gasteiger partial charge in [0.15, 0.2) is 0 Å². The van der Waals surface area contributed by atoms with Crippen LogP contribution in [-0.2, 0) is 0 Å². The number of benzene rings is 1. The fourth-order valence-corrected chi connectivity index (χ4v) is 2.88. The summed E-state index contributed by atoms with van der Waals surface area (Å²) in [5, 5.41) is 9.70. The topological polar surface area (TPSA) is 20.2 Å². The number of hydrogen-bond donors (Lipinski definition) is 1. The van der Waals surface area contributed by atoms with Crippen molar-refractivity contribution in [3.05, 3.63) is 41.5 Å². The molecule has 0 aliphatic heterocycles. The Morgan fingerprint density at radius 2 is 1.94 bits per heavy atom. The van der Waals surface area contributed by atoms with E-state index in [9.17, 15) is 5.11 Å². The molecule has 17 heavy (non-hydrogen) atoms. The summed E-state index contributed by atoms with van der Waals surface area (Å²) in [6, 6.07) is 8.96. The summed E-state index contributed by atoms with van der Waals surface area (Å²) in [7, 11) is 0. The predicted octanol–water partition coefficient (Wildman–Crippen LogP) is 3.88. The zero-order chi connectivity index (χ0) is 11.7. The second-order valence-electron chi connectivity index (χ2n) is 5.40. The minimum atomic E-state index is -0.230. The Kier molecular flexibility index (Phi) is 3.02. The number of aliphatic hydroxyl groups is 1. The lowest BCUT2D eigenvalue weighted by Gasteiger charge is -2.26. The van der Waals surface area contributed by atoms with Crippen molar-refractivity contribution < 1.29 is 5.11 Å². The van der Waals surface area contributed by atoms with Crippen molar-refractivity contribution in [1.29, 1.82) is 0 Å². The number of hydrogen-bond acceptors (Lipinski definition) is 1.